The van der Waals surface area contributed by atoms with E-state index in [1.54, 1.807) is 24.3 Å². The fourth-order valence-corrected chi connectivity index (χ4v) is 4.47. The number of hydrogen-bond donors (Lipinski definition) is 1. The minimum absolute atomic E-state index is 0.208. The maximum absolute atomic E-state index is 13.3. The average molecular weight is 570 g/mol. The number of rotatable bonds is 7. The van der Waals surface area contributed by atoms with E-state index in [-0.39, 0.29) is 17.2 Å². The zero-order valence-corrected chi connectivity index (χ0v) is 21.9. The smallest absolute Gasteiger partial charge is 0.335 e. The Morgan fingerprint density at radius 3 is 2.42 bits per heavy atom. The molecule has 1 heterocycles. The zero-order valence-electron chi connectivity index (χ0n) is 19.5. The molecule has 9 heteroatoms. The van der Waals surface area contributed by atoms with Gasteiger partial charge in [0.05, 0.1) is 17.8 Å². The number of benzene rings is 3. The first kappa shape index (κ1) is 25.5. The molecule has 0 aliphatic carbocycles. The van der Waals surface area contributed by atoms with Crippen molar-refractivity contribution < 1.29 is 23.9 Å². The summed E-state index contributed by atoms with van der Waals surface area (Å²) in [5, 5.41) is 2.48. The van der Waals surface area contributed by atoms with Gasteiger partial charge in [0.1, 0.15) is 12.2 Å². The molecule has 7 nitrogen and oxygen atoms in total. The molecule has 1 N–H and O–H groups in total. The third kappa shape index (κ3) is 5.15. The molecule has 36 heavy (non-hydrogen) atoms. The lowest BCUT2D eigenvalue weighted by Gasteiger charge is -2.28. The molecule has 3 aromatic rings. The molecule has 1 aliphatic rings. The van der Waals surface area contributed by atoms with Crippen LogP contribution in [0.2, 0.25) is 5.02 Å². The summed E-state index contributed by atoms with van der Waals surface area (Å²) >= 11 is 9.99. The lowest BCUT2D eigenvalue weighted by molar-refractivity contribution is -0.122. The molecule has 0 aromatic heterocycles. The summed E-state index contributed by atoms with van der Waals surface area (Å²) < 4.78 is 12.3. The number of aryl methyl sites for hydroxylation is 1. The first-order valence-electron chi connectivity index (χ1n) is 11.1. The maximum Gasteiger partial charge on any atom is 0.335 e. The summed E-state index contributed by atoms with van der Waals surface area (Å²) in [6.07, 6.45) is 1.98. The van der Waals surface area contributed by atoms with Crippen LogP contribution in [-0.4, -0.2) is 25.0 Å². The summed E-state index contributed by atoms with van der Waals surface area (Å²) in [5.74, 6) is -0.868. The number of urea groups is 1. The van der Waals surface area contributed by atoms with E-state index in [0.29, 0.717) is 29.2 Å². The number of carbonyl (C=O) groups excluding carboxylic acids is 3. The van der Waals surface area contributed by atoms with Gasteiger partial charge in [-0.05, 0) is 47.9 Å². The van der Waals surface area contributed by atoms with Crippen molar-refractivity contribution in [1.29, 1.82) is 0 Å². The average Bonchev–Trinajstić information content (AvgIpc) is 2.86. The summed E-state index contributed by atoms with van der Waals surface area (Å²) in [4.78, 5) is 39.5. The van der Waals surface area contributed by atoms with Crippen LogP contribution in [-0.2, 0) is 22.6 Å². The van der Waals surface area contributed by atoms with Gasteiger partial charge in [0.2, 0.25) is 0 Å². The lowest BCUT2D eigenvalue weighted by Crippen LogP contribution is -2.54. The highest BCUT2D eigenvalue weighted by molar-refractivity contribution is 9.10. The summed E-state index contributed by atoms with van der Waals surface area (Å²) in [5.41, 5.74) is 2.36. The molecule has 4 amide bonds. The van der Waals surface area contributed by atoms with Crippen molar-refractivity contribution in [3.8, 4) is 11.5 Å². The Morgan fingerprint density at radius 2 is 1.72 bits per heavy atom. The number of halogens is 2. The van der Waals surface area contributed by atoms with Crippen molar-refractivity contribution in [2.24, 2.45) is 0 Å². The van der Waals surface area contributed by atoms with Gasteiger partial charge >= 0.3 is 6.03 Å². The molecule has 0 bridgehead atoms. The Morgan fingerprint density at radius 1 is 1.03 bits per heavy atom. The van der Waals surface area contributed by atoms with Gasteiger partial charge in [0, 0.05) is 10.0 Å². The molecule has 0 radical (unpaired) electrons. The van der Waals surface area contributed by atoms with Crippen molar-refractivity contribution >= 4 is 57.1 Å². The van der Waals surface area contributed by atoms with Crippen molar-refractivity contribution in [1.82, 2.24) is 5.32 Å². The van der Waals surface area contributed by atoms with Crippen molar-refractivity contribution in [2.75, 3.05) is 12.0 Å². The Balaban J connectivity index is 1.67. The maximum atomic E-state index is 13.3. The molecular formula is C27H22BrClN2O5. The number of nitrogens with one attached hydrogen (secondary N) is 1. The number of methoxy groups -OCH3 is 1. The number of para-hydroxylation sites is 1. The first-order chi connectivity index (χ1) is 17.3. The Kier molecular flexibility index (Phi) is 7.76. The Bertz CT molecular complexity index is 1390. The van der Waals surface area contributed by atoms with Crippen LogP contribution in [0, 0.1) is 0 Å². The van der Waals surface area contributed by atoms with Gasteiger partial charge in [0.15, 0.2) is 11.5 Å². The van der Waals surface area contributed by atoms with Crippen LogP contribution in [0.15, 0.2) is 70.7 Å². The number of nitrogens with zero attached hydrogens (tertiary/aromatic N) is 1. The number of ether oxygens (including phenoxy) is 2. The van der Waals surface area contributed by atoms with E-state index >= 15 is 0 Å². The molecule has 0 spiro atoms. The quantitative estimate of drug-likeness (QED) is 0.282. The number of amides is 4. The van der Waals surface area contributed by atoms with Crippen molar-refractivity contribution in [3.05, 3.63) is 92.4 Å². The molecule has 1 saturated heterocycles. The van der Waals surface area contributed by atoms with Gasteiger partial charge in [-0.25, -0.2) is 9.69 Å². The summed E-state index contributed by atoms with van der Waals surface area (Å²) in [6, 6.07) is 17.0. The van der Waals surface area contributed by atoms with Crippen LogP contribution < -0.4 is 19.7 Å². The highest BCUT2D eigenvalue weighted by atomic mass is 79.9. The third-order valence-corrected chi connectivity index (χ3v) is 6.66. The number of anilines is 1. The highest BCUT2D eigenvalue weighted by Gasteiger charge is 2.37. The van der Waals surface area contributed by atoms with Crippen LogP contribution in [0.4, 0.5) is 10.5 Å². The Hall–Kier alpha value is -3.62. The fourth-order valence-electron chi connectivity index (χ4n) is 3.80. The second-order valence-corrected chi connectivity index (χ2v) is 9.12. The van der Waals surface area contributed by atoms with E-state index in [1.165, 1.54) is 13.2 Å². The number of barbiturate groups is 1. The van der Waals surface area contributed by atoms with Gasteiger partial charge in [-0.15, -0.1) is 0 Å². The number of hydrogen-bond acceptors (Lipinski definition) is 5. The van der Waals surface area contributed by atoms with E-state index in [9.17, 15) is 14.4 Å². The van der Waals surface area contributed by atoms with Gasteiger partial charge in [-0.2, -0.15) is 0 Å². The molecule has 1 fully saturated rings. The van der Waals surface area contributed by atoms with Gasteiger partial charge < -0.3 is 9.47 Å². The van der Waals surface area contributed by atoms with Crippen molar-refractivity contribution in [2.45, 2.75) is 20.0 Å². The minimum Gasteiger partial charge on any atom is -0.493 e. The summed E-state index contributed by atoms with van der Waals surface area (Å²) in [6.45, 7) is 2.16. The van der Waals surface area contributed by atoms with Crippen LogP contribution in [0.5, 0.6) is 11.5 Å². The molecule has 3 aromatic carbocycles. The van der Waals surface area contributed by atoms with E-state index in [2.05, 4.69) is 21.2 Å². The molecular weight excluding hydrogens is 548 g/mol. The molecule has 4 rings (SSSR count). The predicted octanol–water partition coefficient (Wildman–Crippen LogP) is 5.92. The zero-order chi connectivity index (χ0) is 25.8. The van der Waals surface area contributed by atoms with Crippen LogP contribution in [0.25, 0.3) is 6.08 Å². The number of imide groups is 2. The van der Waals surface area contributed by atoms with E-state index in [0.717, 1.165) is 20.5 Å². The molecule has 0 saturated carbocycles. The molecule has 1 aliphatic heterocycles. The largest absolute Gasteiger partial charge is 0.493 e. The first-order valence-corrected chi connectivity index (χ1v) is 12.2. The monoisotopic (exact) mass is 568 g/mol. The van der Waals surface area contributed by atoms with Crippen LogP contribution >= 0.6 is 27.5 Å². The molecule has 0 atom stereocenters. The topological polar surface area (TPSA) is 84.9 Å². The SMILES string of the molecule is CCc1ccccc1N1C(=O)NC(=O)/C(=C/c2cc(Cl)c(OCc3ccccc3Br)c(OC)c2)C1=O. The normalized spacial score (nSPS) is 14.7. The minimum atomic E-state index is -0.797. The van der Waals surface area contributed by atoms with Gasteiger partial charge in [-0.1, -0.05) is 70.9 Å². The van der Waals surface area contributed by atoms with Gasteiger partial charge in [0.25, 0.3) is 11.8 Å². The van der Waals surface area contributed by atoms with E-state index in [1.807, 2.05) is 43.3 Å². The van der Waals surface area contributed by atoms with E-state index < -0.39 is 17.8 Å². The third-order valence-electron chi connectivity index (χ3n) is 5.61. The standard InChI is InChI=1S/C27H22BrClN2O5/c1-3-17-8-5-7-11-22(17)31-26(33)19(25(32)30-27(31)34)12-16-13-21(29)24(23(14-16)35-2)36-15-18-9-4-6-10-20(18)28/h4-14H,3,15H2,1-2H3,(H,30,32,34)/b19-12-. The second-order valence-electron chi connectivity index (χ2n) is 7.85. The lowest BCUT2D eigenvalue weighted by atomic mass is 10.0. The fraction of sp³-hybridized carbons (Fsp3) is 0.148. The predicted molar refractivity (Wildman–Crippen MR) is 141 cm³/mol. The Labute approximate surface area is 221 Å². The second kappa shape index (κ2) is 11.0. The summed E-state index contributed by atoms with van der Waals surface area (Å²) in [7, 11) is 1.47. The molecule has 0 unspecified atom stereocenters. The van der Waals surface area contributed by atoms with Crippen LogP contribution in [0.3, 0.4) is 0 Å². The van der Waals surface area contributed by atoms with Gasteiger partial charge in [-0.3, -0.25) is 14.9 Å². The number of carbonyl (C=O) groups is 3. The van der Waals surface area contributed by atoms with E-state index in [4.69, 9.17) is 21.1 Å². The van der Waals surface area contributed by atoms with Crippen LogP contribution in [0.1, 0.15) is 23.6 Å². The molecule has 184 valence electrons. The van der Waals surface area contributed by atoms with Crippen molar-refractivity contribution in [3.63, 3.8) is 0 Å². The highest BCUT2D eigenvalue weighted by Crippen LogP contribution is 2.38.